The Morgan fingerprint density at radius 2 is 2.00 bits per heavy atom. The highest BCUT2D eigenvalue weighted by Gasteiger charge is 2.05. The van der Waals surface area contributed by atoms with Gasteiger partial charge < -0.3 is 21.3 Å². The fourth-order valence-electron chi connectivity index (χ4n) is 1.47. The van der Waals surface area contributed by atoms with Crippen LogP contribution in [-0.2, 0) is 11.3 Å². The van der Waals surface area contributed by atoms with Crippen molar-refractivity contribution in [1.29, 1.82) is 0 Å². The van der Waals surface area contributed by atoms with Crippen LogP contribution in [0.4, 0.5) is 0 Å². The van der Waals surface area contributed by atoms with Gasteiger partial charge in [0.25, 0.3) is 0 Å². The average Bonchev–Trinajstić information content (AvgIpc) is 2.53. The lowest BCUT2D eigenvalue weighted by Gasteiger charge is -2.04. The van der Waals surface area contributed by atoms with Crippen molar-refractivity contribution in [3.63, 3.8) is 0 Å². The SMILES string of the molecule is CCC[n+]1ccc(OCC(=O)SCCN=C(N)N)cc1.CO. The summed E-state index contributed by atoms with van der Waals surface area (Å²) >= 11 is 1.16. The second kappa shape index (κ2) is 12.9. The molecule has 0 amide bonds. The predicted molar refractivity (Wildman–Crippen MR) is 88.7 cm³/mol. The van der Waals surface area contributed by atoms with E-state index in [9.17, 15) is 4.79 Å². The normalized spacial score (nSPS) is 9.41. The average molecular weight is 329 g/mol. The summed E-state index contributed by atoms with van der Waals surface area (Å²) in [4.78, 5) is 15.3. The van der Waals surface area contributed by atoms with Crippen LogP contribution in [0.3, 0.4) is 0 Å². The molecule has 8 heteroatoms. The largest absolute Gasteiger partial charge is 0.484 e. The first-order chi connectivity index (χ1) is 10.6. The van der Waals surface area contributed by atoms with E-state index in [4.69, 9.17) is 21.3 Å². The zero-order valence-corrected chi connectivity index (χ0v) is 13.9. The van der Waals surface area contributed by atoms with Crippen LogP contribution in [0.2, 0.25) is 0 Å². The van der Waals surface area contributed by atoms with Crippen molar-refractivity contribution in [2.24, 2.45) is 16.5 Å². The summed E-state index contributed by atoms with van der Waals surface area (Å²) in [5.74, 6) is 1.28. The van der Waals surface area contributed by atoms with E-state index in [1.165, 1.54) is 0 Å². The standard InChI is InChI=1S/C13H21N4O2S.CH4O/c1-2-6-17-7-3-11(4-8-17)19-10-12(18)20-9-5-16-13(14)15;1-2/h3-4,7-8H,2,5-6,9-10H2,1H3,(H4,14,15,16);2H,1H3/q+1;. The summed E-state index contributed by atoms with van der Waals surface area (Å²) in [6.07, 6.45) is 4.96. The topological polar surface area (TPSA) is 115 Å². The molecule has 0 saturated heterocycles. The molecule has 0 aliphatic carbocycles. The third kappa shape index (κ3) is 10.0. The fraction of sp³-hybridized carbons (Fsp3) is 0.500. The molecule has 0 bridgehead atoms. The Balaban J connectivity index is 0.00000211. The summed E-state index contributed by atoms with van der Waals surface area (Å²) in [6.45, 7) is 3.57. The Hall–Kier alpha value is -1.80. The van der Waals surface area contributed by atoms with Gasteiger partial charge in [0.1, 0.15) is 12.3 Å². The molecule has 7 nitrogen and oxygen atoms in total. The number of rotatable bonds is 8. The van der Waals surface area contributed by atoms with E-state index in [-0.39, 0.29) is 17.7 Å². The van der Waals surface area contributed by atoms with E-state index in [2.05, 4.69) is 16.5 Å². The molecule has 0 aromatic carbocycles. The number of nitrogens with zero attached hydrogens (tertiary/aromatic N) is 2. The van der Waals surface area contributed by atoms with E-state index in [1.807, 2.05) is 24.5 Å². The lowest BCUT2D eigenvalue weighted by Crippen LogP contribution is -2.31. The van der Waals surface area contributed by atoms with Gasteiger partial charge in [-0.3, -0.25) is 9.79 Å². The van der Waals surface area contributed by atoms with Gasteiger partial charge in [0.15, 0.2) is 25.0 Å². The van der Waals surface area contributed by atoms with Crippen LogP contribution >= 0.6 is 11.8 Å². The number of carbonyl (C=O) groups excluding carboxylic acids is 1. The molecular weight excluding hydrogens is 304 g/mol. The van der Waals surface area contributed by atoms with Crippen molar-refractivity contribution in [1.82, 2.24) is 0 Å². The Bertz CT molecular complexity index is 448. The summed E-state index contributed by atoms with van der Waals surface area (Å²) < 4.78 is 7.48. The lowest BCUT2D eigenvalue weighted by molar-refractivity contribution is -0.697. The van der Waals surface area contributed by atoms with Gasteiger partial charge in [0.05, 0.1) is 6.54 Å². The number of hydrogen-bond acceptors (Lipinski definition) is 5. The molecule has 0 saturated carbocycles. The number of aliphatic hydroxyl groups excluding tert-OH is 1. The summed E-state index contributed by atoms with van der Waals surface area (Å²) in [7, 11) is 1.00. The summed E-state index contributed by atoms with van der Waals surface area (Å²) in [6, 6.07) is 3.71. The molecule has 1 aromatic heterocycles. The summed E-state index contributed by atoms with van der Waals surface area (Å²) in [5, 5.41) is 6.96. The van der Waals surface area contributed by atoms with Crippen molar-refractivity contribution < 1.29 is 19.2 Å². The second-order valence-electron chi connectivity index (χ2n) is 4.09. The molecule has 0 unspecified atom stereocenters. The Morgan fingerprint density at radius 1 is 1.36 bits per heavy atom. The quantitative estimate of drug-likeness (QED) is 0.266. The van der Waals surface area contributed by atoms with Gasteiger partial charge in [-0.2, -0.15) is 0 Å². The van der Waals surface area contributed by atoms with Crippen LogP contribution in [0.1, 0.15) is 13.3 Å². The number of aliphatic imine (C=N–C) groups is 1. The zero-order chi connectivity index (χ0) is 16.8. The molecule has 0 aliphatic rings. The monoisotopic (exact) mass is 329 g/mol. The van der Waals surface area contributed by atoms with Crippen molar-refractivity contribution in [2.75, 3.05) is 26.0 Å². The number of guanidine groups is 1. The Kier molecular flexibility index (Phi) is 11.8. The molecule has 0 aliphatic heterocycles. The van der Waals surface area contributed by atoms with Gasteiger partial charge in [0.2, 0.25) is 5.12 Å². The molecule has 0 fully saturated rings. The first kappa shape index (κ1) is 20.2. The third-order valence-electron chi connectivity index (χ3n) is 2.35. The van der Waals surface area contributed by atoms with Crippen LogP contribution in [0.25, 0.3) is 0 Å². The van der Waals surface area contributed by atoms with Gasteiger partial charge in [-0.05, 0) is 0 Å². The van der Waals surface area contributed by atoms with Gasteiger partial charge in [-0.1, -0.05) is 18.7 Å². The zero-order valence-electron chi connectivity index (χ0n) is 13.1. The van der Waals surface area contributed by atoms with E-state index in [0.29, 0.717) is 18.0 Å². The summed E-state index contributed by atoms with van der Waals surface area (Å²) in [5.41, 5.74) is 10.4. The van der Waals surface area contributed by atoms with Gasteiger partial charge in [0, 0.05) is 31.4 Å². The molecule has 1 heterocycles. The minimum Gasteiger partial charge on any atom is -0.484 e. The Labute approximate surface area is 135 Å². The van der Waals surface area contributed by atoms with Crippen LogP contribution in [0.15, 0.2) is 29.5 Å². The van der Waals surface area contributed by atoms with Gasteiger partial charge >= 0.3 is 0 Å². The van der Waals surface area contributed by atoms with Crippen LogP contribution < -0.4 is 20.8 Å². The number of nitrogens with two attached hydrogens (primary N) is 2. The van der Waals surface area contributed by atoms with E-state index < -0.39 is 0 Å². The van der Waals surface area contributed by atoms with Crippen molar-refractivity contribution >= 4 is 22.8 Å². The number of aromatic nitrogens is 1. The smallest absolute Gasteiger partial charge is 0.226 e. The highest BCUT2D eigenvalue weighted by atomic mass is 32.2. The molecule has 124 valence electrons. The molecule has 0 atom stereocenters. The van der Waals surface area contributed by atoms with Crippen molar-refractivity contribution in [3.8, 4) is 5.75 Å². The highest BCUT2D eigenvalue weighted by Crippen LogP contribution is 2.09. The molecule has 0 radical (unpaired) electrons. The minimum absolute atomic E-state index is 0.0407. The molecule has 22 heavy (non-hydrogen) atoms. The maximum Gasteiger partial charge on any atom is 0.226 e. The van der Waals surface area contributed by atoms with E-state index in [0.717, 1.165) is 31.8 Å². The highest BCUT2D eigenvalue weighted by molar-refractivity contribution is 8.13. The van der Waals surface area contributed by atoms with E-state index >= 15 is 0 Å². The molecule has 1 aromatic rings. The number of carbonyl (C=O) groups is 1. The molecule has 0 spiro atoms. The second-order valence-corrected chi connectivity index (χ2v) is 5.24. The molecular formula is C14H25N4O3S+. The van der Waals surface area contributed by atoms with Crippen LogP contribution in [0, 0.1) is 0 Å². The number of hydrogen-bond donors (Lipinski definition) is 3. The fourth-order valence-corrected chi connectivity index (χ4v) is 2.02. The molecule has 5 N–H and O–H groups in total. The maximum absolute atomic E-state index is 11.6. The first-order valence-electron chi connectivity index (χ1n) is 6.89. The van der Waals surface area contributed by atoms with E-state index in [1.54, 1.807) is 0 Å². The van der Waals surface area contributed by atoms with Crippen molar-refractivity contribution in [3.05, 3.63) is 24.5 Å². The minimum atomic E-state index is -0.0407. The number of pyridine rings is 1. The number of ether oxygens (including phenoxy) is 1. The number of aryl methyl sites for hydroxylation is 1. The Morgan fingerprint density at radius 3 is 2.55 bits per heavy atom. The van der Waals surface area contributed by atoms with Gasteiger partial charge in [-0.25, -0.2) is 4.57 Å². The maximum atomic E-state index is 11.6. The third-order valence-corrected chi connectivity index (χ3v) is 3.17. The predicted octanol–water partition coefficient (Wildman–Crippen LogP) is -0.0954. The van der Waals surface area contributed by atoms with Crippen LogP contribution in [-0.4, -0.2) is 42.2 Å². The lowest BCUT2D eigenvalue weighted by atomic mass is 10.4. The molecule has 1 rings (SSSR count). The number of thioether (sulfide) groups is 1. The first-order valence-corrected chi connectivity index (χ1v) is 7.88. The van der Waals surface area contributed by atoms with Gasteiger partial charge in [-0.15, -0.1) is 0 Å². The number of aliphatic hydroxyl groups is 1. The van der Waals surface area contributed by atoms with Crippen LogP contribution in [0.5, 0.6) is 5.75 Å². The van der Waals surface area contributed by atoms with Crippen molar-refractivity contribution in [2.45, 2.75) is 19.9 Å².